The van der Waals surface area contributed by atoms with Gasteiger partial charge in [-0.05, 0) is 54.7 Å². The Labute approximate surface area is 175 Å². The van der Waals surface area contributed by atoms with E-state index < -0.39 is 5.79 Å². The van der Waals surface area contributed by atoms with E-state index in [0.29, 0.717) is 17.8 Å². The van der Waals surface area contributed by atoms with Crippen LogP contribution in [0, 0.1) is 23.7 Å². The fourth-order valence-electron chi connectivity index (χ4n) is 6.01. The van der Waals surface area contributed by atoms with Crippen molar-refractivity contribution < 1.29 is 19.7 Å². The Hall–Kier alpha value is -1.26. The first kappa shape index (κ1) is 21.0. The molecule has 1 saturated carbocycles. The van der Waals surface area contributed by atoms with Crippen molar-refractivity contribution >= 4 is 0 Å². The lowest BCUT2D eigenvalue weighted by Crippen LogP contribution is -2.55. The van der Waals surface area contributed by atoms with Gasteiger partial charge >= 0.3 is 0 Å². The molecule has 4 nitrogen and oxygen atoms in total. The maximum atomic E-state index is 9.98. The molecule has 0 radical (unpaired) electrons. The Morgan fingerprint density at radius 1 is 0.897 bits per heavy atom. The third-order valence-electron chi connectivity index (χ3n) is 7.80. The molecule has 4 rings (SSSR count). The molecule has 0 unspecified atom stereocenters. The van der Waals surface area contributed by atoms with Crippen LogP contribution in [0.2, 0.25) is 0 Å². The average molecular weight is 403 g/mol. The van der Waals surface area contributed by atoms with Crippen LogP contribution in [0.4, 0.5) is 0 Å². The molecule has 2 saturated heterocycles. The summed E-state index contributed by atoms with van der Waals surface area (Å²) in [4.78, 5) is 0. The van der Waals surface area contributed by atoms with Crippen molar-refractivity contribution in [1.29, 1.82) is 0 Å². The highest BCUT2D eigenvalue weighted by molar-refractivity contribution is 5.38. The van der Waals surface area contributed by atoms with Crippen LogP contribution in [0.25, 0.3) is 0 Å². The van der Waals surface area contributed by atoms with Gasteiger partial charge in [0.25, 0.3) is 0 Å². The normalized spacial score (nSPS) is 38.9. The number of hydrogen-bond acceptors (Lipinski definition) is 4. The maximum Gasteiger partial charge on any atom is 0.172 e. The minimum atomic E-state index is -0.551. The Bertz CT molecular complexity index is 678. The number of aromatic hydroxyl groups is 2. The number of hydrogen-bond donors (Lipinski definition) is 2. The summed E-state index contributed by atoms with van der Waals surface area (Å²) in [6, 6.07) is 4.81. The van der Waals surface area contributed by atoms with Gasteiger partial charge in [0.2, 0.25) is 0 Å². The molecular formula is C25H38O4. The molecule has 1 aromatic carbocycles. The summed E-state index contributed by atoms with van der Waals surface area (Å²) >= 11 is 0. The molecule has 0 amide bonds. The number of phenolic OH excluding ortho intramolecular Hbond substituents is 2. The van der Waals surface area contributed by atoms with Gasteiger partial charge in [-0.3, -0.25) is 0 Å². The second-order valence-corrected chi connectivity index (χ2v) is 10.2. The van der Waals surface area contributed by atoms with E-state index in [1.54, 1.807) is 12.1 Å². The van der Waals surface area contributed by atoms with E-state index in [0.717, 1.165) is 37.2 Å². The molecule has 1 spiro atoms. The Kier molecular flexibility index (Phi) is 6.13. The van der Waals surface area contributed by atoms with Crippen LogP contribution in [-0.4, -0.2) is 22.1 Å². The molecule has 3 fully saturated rings. The summed E-state index contributed by atoms with van der Waals surface area (Å²) in [5, 5.41) is 20.0. The van der Waals surface area contributed by atoms with Crippen LogP contribution in [0.1, 0.15) is 90.2 Å². The van der Waals surface area contributed by atoms with Crippen LogP contribution in [0.3, 0.4) is 0 Å². The summed E-state index contributed by atoms with van der Waals surface area (Å²) < 4.78 is 13.6. The zero-order valence-corrected chi connectivity index (χ0v) is 18.3. The smallest absolute Gasteiger partial charge is 0.172 e. The van der Waals surface area contributed by atoms with E-state index in [9.17, 15) is 10.2 Å². The fraction of sp³-hybridized carbons (Fsp3) is 0.760. The second-order valence-electron chi connectivity index (χ2n) is 10.2. The van der Waals surface area contributed by atoms with Gasteiger partial charge < -0.3 is 19.7 Å². The van der Waals surface area contributed by atoms with Gasteiger partial charge in [0.15, 0.2) is 5.79 Å². The van der Waals surface area contributed by atoms with Crippen molar-refractivity contribution in [2.75, 3.05) is 0 Å². The van der Waals surface area contributed by atoms with Gasteiger partial charge in [-0.25, -0.2) is 0 Å². The van der Waals surface area contributed by atoms with E-state index >= 15 is 0 Å². The summed E-state index contributed by atoms with van der Waals surface area (Å²) in [5.41, 5.74) is 0.840. The lowest BCUT2D eigenvalue weighted by Gasteiger charge is -2.53. The third kappa shape index (κ3) is 4.44. The quantitative estimate of drug-likeness (QED) is 0.622. The predicted molar refractivity (Wildman–Crippen MR) is 114 cm³/mol. The SMILES string of the molecule is C[C@H]1CC[C@]2(O[C@@H]1c1cc(O)cc(O)c1)O[C@H](CC1CCCCC1)[C@@H](C)C[C@@H]2C. The molecule has 3 aliphatic rings. The topological polar surface area (TPSA) is 58.9 Å². The standard InChI is InChI=1S/C25H38O4/c1-16-9-10-25(29-24(16)20-13-21(26)15-22(27)14-20)18(3)11-17(2)23(28-25)12-19-7-5-4-6-8-19/h13-19,23-24,26-27H,4-12H2,1-3H3/t16-,17-,18-,23+,24-,25+/m0/s1. The van der Waals surface area contributed by atoms with E-state index in [1.807, 2.05) is 0 Å². The van der Waals surface area contributed by atoms with Crippen LogP contribution in [0.15, 0.2) is 18.2 Å². The highest BCUT2D eigenvalue weighted by Gasteiger charge is 2.51. The first-order valence-electron chi connectivity index (χ1n) is 11.7. The van der Waals surface area contributed by atoms with Gasteiger partial charge in [-0.1, -0.05) is 52.9 Å². The number of benzene rings is 1. The minimum absolute atomic E-state index is 0.0804. The Balaban J connectivity index is 1.54. The molecule has 2 heterocycles. The number of rotatable bonds is 3. The van der Waals surface area contributed by atoms with Crippen molar-refractivity contribution in [3.63, 3.8) is 0 Å². The van der Waals surface area contributed by atoms with Crippen molar-refractivity contribution in [1.82, 2.24) is 0 Å². The molecule has 2 aliphatic heterocycles. The van der Waals surface area contributed by atoms with E-state index in [1.165, 1.54) is 38.2 Å². The van der Waals surface area contributed by atoms with Crippen LogP contribution >= 0.6 is 0 Å². The Morgan fingerprint density at radius 3 is 2.28 bits per heavy atom. The maximum absolute atomic E-state index is 9.98. The van der Waals surface area contributed by atoms with Crippen molar-refractivity contribution in [2.45, 2.75) is 96.6 Å². The summed E-state index contributed by atoms with van der Waals surface area (Å²) in [6.07, 6.45) is 11.1. The first-order valence-corrected chi connectivity index (χ1v) is 11.7. The monoisotopic (exact) mass is 402 g/mol. The van der Waals surface area contributed by atoms with Gasteiger partial charge in [0, 0.05) is 18.4 Å². The highest BCUT2D eigenvalue weighted by Crippen LogP contribution is 2.51. The van der Waals surface area contributed by atoms with Crippen molar-refractivity contribution in [2.24, 2.45) is 23.7 Å². The fourth-order valence-corrected chi connectivity index (χ4v) is 6.01. The zero-order valence-electron chi connectivity index (χ0n) is 18.3. The molecule has 162 valence electrons. The predicted octanol–water partition coefficient (Wildman–Crippen LogP) is 6.31. The molecular weight excluding hydrogens is 364 g/mol. The summed E-state index contributed by atoms with van der Waals surface area (Å²) in [6.45, 7) is 6.79. The van der Waals surface area contributed by atoms with Gasteiger partial charge in [-0.15, -0.1) is 0 Å². The average Bonchev–Trinajstić information content (AvgIpc) is 2.68. The van der Waals surface area contributed by atoms with E-state index in [4.69, 9.17) is 9.47 Å². The number of phenols is 2. The minimum Gasteiger partial charge on any atom is -0.508 e. The lowest BCUT2D eigenvalue weighted by molar-refractivity contribution is -0.356. The molecule has 1 aromatic rings. The molecule has 0 aromatic heterocycles. The van der Waals surface area contributed by atoms with Gasteiger partial charge in [0.1, 0.15) is 11.5 Å². The number of ether oxygens (including phenoxy) is 2. The summed E-state index contributed by atoms with van der Waals surface area (Å²) in [5.74, 6) is 1.61. The van der Waals surface area contributed by atoms with Crippen molar-refractivity contribution in [3.8, 4) is 11.5 Å². The zero-order chi connectivity index (χ0) is 20.6. The second kappa shape index (κ2) is 8.47. The summed E-state index contributed by atoms with van der Waals surface area (Å²) in [7, 11) is 0. The molecule has 1 aliphatic carbocycles. The molecule has 4 heteroatoms. The third-order valence-corrected chi connectivity index (χ3v) is 7.80. The van der Waals surface area contributed by atoms with Crippen molar-refractivity contribution in [3.05, 3.63) is 23.8 Å². The van der Waals surface area contributed by atoms with E-state index in [-0.39, 0.29) is 23.7 Å². The molecule has 0 bridgehead atoms. The van der Waals surface area contributed by atoms with Crippen LogP contribution in [-0.2, 0) is 9.47 Å². The lowest BCUT2D eigenvalue weighted by atomic mass is 9.75. The Morgan fingerprint density at radius 2 is 1.59 bits per heavy atom. The highest BCUT2D eigenvalue weighted by atomic mass is 16.7. The van der Waals surface area contributed by atoms with E-state index in [2.05, 4.69) is 20.8 Å². The molecule has 6 atom stereocenters. The largest absolute Gasteiger partial charge is 0.508 e. The van der Waals surface area contributed by atoms with Crippen LogP contribution in [0.5, 0.6) is 11.5 Å². The van der Waals surface area contributed by atoms with Gasteiger partial charge in [-0.2, -0.15) is 0 Å². The molecule has 29 heavy (non-hydrogen) atoms. The molecule has 2 N–H and O–H groups in total. The van der Waals surface area contributed by atoms with Crippen LogP contribution < -0.4 is 0 Å². The van der Waals surface area contributed by atoms with Gasteiger partial charge in [0.05, 0.1) is 12.2 Å². The first-order chi connectivity index (χ1) is 13.9.